The third kappa shape index (κ3) is 2.36. The van der Waals surface area contributed by atoms with Crippen LogP contribution in [-0.2, 0) is 9.53 Å². The van der Waals surface area contributed by atoms with Gasteiger partial charge in [-0.3, -0.25) is 4.79 Å². The molecule has 0 aromatic carbocycles. The van der Waals surface area contributed by atoms with Crippen LogP contribution in [0.1, 0.15) is 18.5 Å². The molecule has 0 bridgehead atoms. The summed E-state index contributed by atoms with van der Waals surface area (Å²) >= 11 is 3.28. The molecule has 0 amide bonds. The molecule has 5 nitrogen and oxygen atoms in total. The number of aromatic nitrogens is 1. The molecule has 6 heteroatoms. The van der Waals surface area contributed by atoms with Crippen LogP contribution in [0.3, 0.4) is 0 Å². The molecule has 114 valence electrons. The molecule has 1 fully saturated rings. The summed E-state index contributed by atoms with van der Waals surface area (Å²) < 4.78 is 11.1. The molecule has 0 radical (unpaired) electrons. The highest BCUT2D eigenvalue weighted by molar-refractivity contribution is 9.10. The van der Waals surface area contributed by atoms with Crippen LogP contribution in [0.5, 0.6) is 0 Å². The molecule has 0 saturated carbocycles. The van der Waals surface area contributed by atoms with E-state index in [1.165, 1.54) is 0 Å². The highest BCUT2D eigenvalue weighted by Gasteiger charge is 2.30. The molecule has 1 aliphatic heterocycles. The van der Waals surface area contributed by atoms with Crippen molar-refractivity contribution in [2.75, 3.05) is 26.3 Å². The van der Waals surface area contributed by atoms with Crippen molar-refractivity contribution in [2.45, 2.75) is 12.8 Å². The fraction of sp³-hybridized carbons (Fsp3) is 0.375. The van der Waals surface area contributed by atoms with E-state index in [9.17, 15) is 4.79 Å². The van der Waals surface area contributed by atoms with Crippen molar-refractivity contribution >= 4 is 27.3 Å². The summed E-state index contributed by atoms with van der Waals surface area (Å²) in [5, 5.41) is 4.06. The van der Waals surface area contributed by atoms with Crippen LogP contribution >= 0.6 is 15.9 Å². The first-order valence-corrected chi connectivity index (χ1v) is 8.14. The van der Waals surface area contributed by atoms with Crippen molar-refractivity contribution in [1.29, 1.82) is 0 Å². The van der Waals surface area contributed by atoms with Gasteiger partial charge in [0.15, 0.2) is 5.78 Å². The normalized spacial score (nSPS) is 21.9. The van der Waals surface area contributed by atoms with E-state index in [1.54, 1.807) is 6.08 Å². The molecule has 2 aliphatic carbocycles. The average Bonchev–Trinajstić information content (AvgIpc) is 3.14. The van der Waals surface area contributed by atoms with Crippen LogP contribution in [0.25, 0.3) is 5.57 Å². The highest BCUT2D eigenvalue weighted by Crippen LogP contribution is 2.41. The molecule has 0 N–H and O–H groups in total. The summed E-state index contributed by atoms with van der Waals surface area (Å²) in [7, 11) is 0. The second kappa shape index (κ2) is 5.52. The molecular weight excluding hydrogens is 348 g/mol. The van der Waals surface area contributed by atoms with Gasteiger partial charge in [0.2, 0.25) is 4.67 Å². The lowest BCUT2D eigenvalue weighted by atomic mass is 9.91. The van der Waals surface area contributed by atoms with Crippen LogP contribution in [0, 0.1) is 0 Å². The Labute approximate surface area is 136 Å². The van der Waals surface area contributed by atoms with Crippen LogP contribution < -0.4 is 0 Å². The third-order valence-electron chi connectivity index (χ3n) is 4.33. The standard InChI is InChI=1S/C16H15BrN2O3/c17-16-9-14(18-22-16)11-1-2-12-13(11)7-10(8-15(12)20)19-3-5-21-6-4-19/h1,8-9H,2-7H2. The minimum absolute atomic E-state index is 0.122. The Bertz CT molecular complexity index is 724. The Morgan fingerprint density at radius 1 is 1.23 bits per heavy atom. The Kier molecular flexibility index (Phi) is 3.50. The van der Waals surface area contributed by atoms with Gasteiger partial charge in [0.25, 0.3) is 0 Å². The summed E-state index contributed by atoms with van der Waals surface area (Å²) in [6.45, 7) is 3.12. The minimum atomic E-state index is 0.122. The fourth-order valence-corrected chi connectivity index (χ4v) is 3.52. The van der Waals surface area contributed by atoms with E-state index in [2.05, 4.69) is 32.1 Å². The molecule has 22 heavy (non-hydrogen) atoms. The molecule has 3 aliphatic rings. The Morgan fingerprint density at radius 3 is 2.77 bits per heavy atom. The van der Waals surface area contributed by atoms with Crippen molar-refractivity contribution < 1.29 is 14.1 Å². The number of carbonyl (C=O) groups is 1. The Balaban J connectivity index is 1.62. The first-order chi connectivity index (χ1) is 10.7. The molecule has 1 saturated heterocycles. The number of hydrogen-bond donors (Lipinski definition) is 0. The molecule has 1 aromatic rings. The second-order valence-electron chi connectivity index (χ2n) is 5.57. The van der Waals surface area contributed by atoms with Crippen molar-refractivity contribution in [2.24, 2.45) is 0 Å². The number of nitrogens with zero attached hydrogens (tertiary/aromatic N) is 2. The summed E-state index contributed by atoms with van der Waals surface area (Å²) in [6, 6.07) is 1.85. The first kappa shape index (κ1) is 14.0. The van der Waals surface area contributed by atoms with Crippen molar-refractivity contribution in [3.8, 4) is 0 Å². The van der Waals surface area contributed by atoms with Gasteiger partial charge in [-0.05, 0) is 27.9 Å². The SMILES string of the molecule is O=C1C=C(N2CCOCC2)CC2=C1CC=C2c1cc(Br)on1. The van der Waals surface area contributed by atoms with Gasteiger partial charge in [-0.15, -0.1) is 0 Å². The van der Waals surface area contributed by atoms with Crippen molar-refractivity contribution in [1.82, 2.24) is 10.1 Å². The third-order valence-corrected chi connectivity index (χ3v) is 4.70. The van der Waals surface area contributed by atoms with Gasteiger partial charge in [0.1, 0.15) is 5.69 Å². The molecule has 2 heterocycles. The molecule has 0 spiro atoms. The topological polar surface area (TPSA) is 55.6 Å². The van der Waals surface area contributed by atoms with E-state index in [4.69, 9.17) is 9.26 Å². The van der Waals surface area contributed by atoms with Crippen LogP contribution in [-0.4, -0.2) is 42.1 Å². The van der Waals surface area contributed by atoms with Crippen LogP contribution in [0.4, 0.5) is 0 Å². The number of morpholine rings is 1. The largest absolute Gasteiger partial charge is 0.378 e. The minimum Gasteiger partial charge on any atom is -0.378 e. The predicted molar refractivity (Wildman–Crippen MR) is 83.9 cm³/mol. The molecular formula is C16H15BrN2O3. The highest BCUT2D eigenvalue weighted by atomic mass is 79.9. The monoisotopic (exact) mass is 362 g/mol. The molecule has 0 unspecified atom stereocenters. The zero-order valence-corrected chi connectivity index (χ0v) is 13.6. The van der Waals surface area contributed by atoms with E-state index in [0.29, 0.717) is 11.1 Å². The van der Waals surface area contributed by atoms with E-state index in [-0.39, 0.29) is 5.78 Å². The van der Waals surface area contributed by atoms with E-state index in [1.807, 2.05) is 6.07 Å². The summed E-state index contributed by atoms with van der Waals surface area (Å²) in [6.07, 6.45) is 5.32. The predicted octanol–water partition coefficient (Wildman–Crippen LogP) is 2.71. The lowest BCUT2D eigenvalue weighted by Crippen LogP contribution is -2.36. The molecule has 0 atom stereocenters. The first-order valence-electron chi connectivity index (χ1n) is 7.35. The van der Waals surface area contributed by atoms with Gasteiger partial charge in [-0.25, -0.2) is 0 Å². The van der Waals surface area contributed by atoms with Gasteiger partial charge in [0, 0.05) is 48.5 Å². The summed E-state index contributed by atoms with van der Waals surface area (Å²) in [5.41, 5.74) is 4.88. The molecule has 1 aromatic heterocycles. The summed E-state index contributed by atoms with van der Waals surface area (Å²) in [5.74, 6) is 0.122. The zero-order valence-electron chi connectivity index (χ0n) is 12.0. The average molecular weight is 363 g/mol. The van der Waals surface area contributed by atoms with Crippen molar-refractivity contribution in [3.05, 3.63) is 45.4 Å². The van der Waals surface area contributed by atoms with Gasteiger partial charge in [0.05, 0.1) is 13.2 Å². The van der Waals surface area contributed by atoms with E-state index < -0.39 is 0 Å². The van der Waals surface area contributed by atoms with Crippen molar-refractivity contribution in [3.63, 3.8) is 0 Å². The smallest absolute Gasteiger partial charge is 0.202 e. The van der Waals surface area contributed by atoms with E-state index >= 15 is 0 Å². The number of carbonyl (C=O) groups excluding carboxylic acids is 1. The fourth-order valence-electron chi connectivity index (χ4n) is 3.23. The Morgan fingerprint density at radius 2 is 2.05 bits per heavy atom. The van der Waals surface area contributed by atoms with Gasteiger partial charge >= 0.3 is 0 Å². The Hall–Kier alpha value is -1.66. The number of ether oxygens (including phenoxy) is 1. The van der Waals surface area contributed by atoms with Gasteiger partial charge < -0.3 is 14.2 Å². The number of halogens is 1. The number of hydrogen-bond acceptors (Lipinski definition) is 5. The zero-order chi connectivity index (χ0) is 15.1. The maximum absolute atomic E-state index is 12.4. The number of rotatable bonds is 2. The van der Waals surface area contributed by atoms with Gasteiger partial charge in [-0.1, -0.05) is 11.2 Å². The quantitative estimate of drug-likeness (QED) is 0.809. The van der Waals surface area contributed by atoms with E-state index in [0.717, 1.165) is 60.8 Å². The maximum Gasteiger partial charge on any atom is 0.202 e. The second-order valence-corrected chi connectivity index (χ2v) is 6.35. The maximum atomic E-state index is 12.4. The lowest BCUT2D eigenvalue weighted by molar-refractivity contribution is -0.111. The number of ketones is 1. The van der Waals surface area contributed by atoms with Crippen LogP contribution in [0.15, 0.2) is 44.3 Å². The van der Waals surface area contributed by atoms with Crippen LogP contribution in [0.2, 0.25) is 0 Å². The molecule has 4 rings (SSSR count). The lowest BCUT2D eigenvalue weighted by Gasteiger charge is -2.33. The number of allylic oxidation sites excluding steroid dienone is 5. The van der Waals surface area contributed by atoms with Gasteiger partial charge in [-0.2, -0.15) is 0 Å². The summed E-state index contributed by atoms with van der Waals surface area (Å²) in [4.78, 5) is 14.7.